The van der Waals surface area contributed by atoms with E-state index in [0.29, 0.717) is 0 Å². The Morgan fingerprint density at radius 1 is 1.29 bits per heavy atom. The Bertz CT molecular complexity index is 769. The van der Waals surface area contributed by atoms with E-state index in [1.807, 2.05) is 6.07 Å². The standard InChI is InChI=1S/C15H9ClF2N2O/c1-8-2-5-11(17)13(14(8)18)15(21)20-12-6-10(16)4-3-9(12)7-19/h2-6H,1H3,(H,20,21). The van der Waals surface area contributed by atoms with Gasteiger partial charge in [0, 0.05) is 5.02 Å². The fourth-order valence-electron chi connectivity index (χ4n) is 1.77. The van der Waals surface area contributed by atoms with Crippen molar-refractivity contribution in [3.8, 4) is 6.07 Å². The summed E-state index contributed by atoms with van der Waals surface area (Å²) >= 11 is 5.78. The van der Waals surface area contributed by atoms with Crippen LogP contribution in [0.15, 0.2) is 30.3 Å². The highest BCUT2D eigenvalue weighted by Gasteiger charge is 2.20. The maximum atomic E-state index is 13.9. The molecule has 0 heterocycles. The minimum absolute atomic E-state index is 0.0929. The van der Waals surface area contributed by atoms with Crippen molar-refractivity contribution in [1.82, 2.24) is 0 Å². The second kappa shape index (κ2) is 5.90. The van der Waals surface area contributed by atoms with Crippen LogP contribution in [0.4, 0.5) is 14.5 Å². The van der Waals surface area contributed by atoms with Crippen LogP contribution in [0.2, 0.25) is 5.02 Å². The molecule has 0 atom stereocenters. The third kappa shape index (κ3) is 3.01. The molecule has 0 radical (unpaired) electrons. The monoisotopic (exact) mass is 306 g/mol. The molecular formula is C15H9ClF2N2O. The molecule has 0 spiro atoms. The molecule has 2 aromatic rings. The van der Waals surface area contributed by atoms with Crippen LogP contribution in [0.3, 0.4) is 0 Å². The Kier molecular flexibility index (Phi) is 4.20. The van der Waals surface area contributed by atoms with Gasteiger partial charge in [-0.3, -0.25) is 4.79 Å². The normalized spacial score (nSPS) is 10.0. The highest BCUT2D eigenvalue weighted by atomic mass is 35.5. The topological polar surface area (TPSA) is 52.9 Å². The molecule has 0 bridgehead atoms. The van der Waals surface area contributed by atoms with Gasteiger partial charge < -0.3 is 5.32 Å². The first-order valence-corrected chi connectivity index (χ1v) is 6.27. The van der Waals surface area contributed by atoms with Crippen molar-refractivity contribution in [3.05, 3.63) is 63.7 Å². The zero-order valence-corrected chi connectivity index (χ0v) is 11.6. The van der Waals surface area contributed by atoms with Gasteiger partial charge in [-0.15, -0.1) is 0 Å². The van der Waals surface area contributed by atoms with Gasteiger partial charge in [-0.2, -0.15) is 5.26 Å². The first kappa shape index (κ1) is 14.9. The number of rotatable bonds is 2. The van der Waals surface area contributed by atoms with Crippen LogP contribution in [0.1, 0.15) is 21.5 Å². The van der Waals surface area contributed by atoms with Crippen molar-refractivity contribution >= 4 is 23.2 Å². The fourth-order valence-corrected chi connectivity index (χ4v) is 1.94. The average molecular weight is 307 g/mol. The summed E-state index contributed by atoms with van der Waals surface area (Å²) in [6.07, 6.45) is 0. The zero-order chi connectivity index (χ0) is 15.6. The highest BCUT2D eigenvalue weighted by molar-refractivity contribution is 6.31. The van der Waals surface area contributed by atoms with Gasteiger partial charge in [-0.25, -0.2) is 8.78 Å². The predicted octanol–water partition coefficient (Wildman–Crippen LogP) is 4.05. The zero-order valence-electron chi connectivity index (χ0n) is 10.9. The first-order chi connectivity index (χ1) is 9.93. The third-order valence-corrected chi connectivity index (χ3v) is 3.10. The minimum Gasteiger partial charge on any atom is -0.321 e. The summed E-state index contributed by atoms with van der Waals surface area (Å²) in [6, 6.07) is 8.32. The van der Waals surface area contributed by atoms with Gasteiger partial charge in [-0.1, -0.05) is 17.7 Å². The summed E-state index contributed by atoms with van der Waals surface area (Å²) in [4.78, 5) is 12.0. The largest absolute Gasteiger partial charge is 0.321 e. The molecule has 2 rings (SSSR count). The summed E-state index contributed by atoms with van der Waals surface area (Å²) < 4.78 is 27.5. The van der Waals surface area contributed by atoms with Crippen LogP contribution in [0.5, 0.6) is 0 Å². The second-order valence-corrected chi connectivity index (χ2v) is 4.75. The number of anilines is 1. The molecule has 0 saturated heterocycles. The summed E-state index contributed by atoms with van der Waals surface area (Å²) in [5.41, 5.74) is -0.316. The maximum absolute atomic E-state index is 13.9. The molecule has 6 heteroatoms. The molecule has 0 saturated carbocycles. The maximum Gasteiger partial charge on any atom is 0.261 e. The molecule has 0 aliphatic carbocycles. The number of nitrogens with one attached hydrogen (secondary N) is 1. The van der Waals surface area contributed by atoms with E-state index in [2.05, 4.69) is 5.32 Å². The van der Waals surface area contributed by atoms with Crippen LogP contribution >= 0.6 is 11.6 Å². The van der Waals surface area contributed by atoms with Crippen molar-refractivity contribution in [1.29, 1.82) is 5.26 Å². The number of benzene rings is 2. The van der Waals surface area contributed by atoms with Crippen LogP contribution in [0.25, 0.3) is 0 Å². The van der Waals surface area contributed by atoms with Gasteiger partial charge in [0.15, 0.2) is 0 Å². The van der Waals surface area contributed by atoms with E-state index in [4.69, 9.17) is 16.9 Å². The Morgan fingerprint density at radius 3 is 2.67 bits per heavy atom. The molecule has 21 heavy (non-hydrogen) atoms. The van der Waals surface area contributed by atoms with Crippen LogP contribution < -0.4 is 5.32 Å². The molecule has 1 N–H and O–H groups in total. The number of amides is 1. The van der Waals surface area contributed by atoms with Gasteiger partial charge in [-0.05, 0) is 36.8 Å². The first-order valence-electron chi connectivity index (χ1n) is 5.89. The van der Waals surface area contributed by atoms with Crippen molar-refractivity contribution in [2.75, 3.05) is 5.32 Å². The Labute approximate surface area is 124 Å². The molecule has 0 fully saturated rings. The minimum atomic E-state index is -0.979. The van der Waals surface area contributed by atoms with Gasteiger partial charge in [0.25, 0.3) is 5.91 Å². The van der Waals surface area contributed by atoms with Gasteiger partial charge in [0.1, 0.15) is 23.3 Å². The molecule has 0 aliphatic heterocycles. The van der Waals surface area contributed by atoms with Crippen molar-refractivity contribution < 1.29 is 13.6 Å². The molecular weight excluding hydrogens is 298 g/mol. The lowest BCUT2D eigenvalue weighted by Crippen LogP contribution is -2.17. The third-order valence-electron chi connectivity index (χ3n) is 2.86. The average Bonchev–Trinajstić information content (AvgIpc) is 2.43. The van der Waals surface area contributed by atoms with Crippen LogP contribution in [-0.2, 0) is 0 Å². The Balaban J connectivity index is 2.42. The molecule has 3 nitrogen and oxygen atoms in total. The second-order valence-electron chi connectivity index (χ2n) is 4.31. The van der Waals surface area contributed by atoms with E-state index in [1.165, 1.54) is 31.2 Å². The number of carbonyl (C=O) groups is 1. The Hall–Kier alpha value is -2.45. The molecule has 1 amide bonds. The summed E-state index contributed by atoms with van der Waals surface area (Å²) in [7, 11) is 0. The van der Waals surface area contributed by atoms with E-state index < -0.39 is 23.1 Å². The molecule has 0 aliphatic rings. The summed E-state index contributed by atoms with van der Waals surface area (Å²) in [6.45, 7) is 1.42. The van der Waals surface area contributed by atoms with Gasteiger partial charge in [0.05, 0.1) is 11.3 Å². The van der Waals surface area contributed by atoms with E-state index in [1.54, 1.807) is 0 Å². The smallest absolute Gasteiger partial charge is 0.261 e. The number of halogens is 3. The highest BCUT2D eigenvalue weighted by Crippen LogP contribution is 2.23. The van der Waals surface area contributed by atoms with Crippen molar-refractivity contribution in [2.24, 2.45) is 0 Å². The van der Waals surface area contributed by atoms with Gasteiger partial charge in [0.2, 0.25) is 0 Å². The van der Waals surface area contributed by atoms with Crippen LogP contribution in [0, 0.1) is 29.9 Å². The number of nitrogens with zero attached hydrogens (tertiary/aromatic N) is 1. The quantitative estimate of drug-likeness (QED) is 0.910. The number of nitriles is 1. The lowest BCUT2D eigenvalue weighted by molar-refractivity contribution is 0.101. The lowest BCUT2D eigenvalue weighted by Gasteiger charge is -2.10. The SMILES string of the molecule is Cc1ccc(F)c(C(=O)Nc2cc(Cl)ccc2C#N)c1F. The van der Waals surface area contributed by atoms with E-state index in [-0.39, 0.29) is 21.8 Å². The van der Waals surface area contributed by atoms with E-state index in [0.717, 1.165) is 6.07 Å². The number of carbonyl (C=O) groups excluding carboxylic acids is 1. The molecule has 0 aromatic heterocycles. The molecule has 2 aromatic carbocycles. The Morgan fingerprint density at radius 2 is 2.00 bits per heavy atom. The van der Waals surface area contributed by atoms with E-state index in [9.17, 15) is 13.6 Å². The van der Waals surface area contributed by atoms with Crippen LogP contribution in [-0.4, -0.2) is 5.91 Å². The number of hydrogen-bond donors (Lipinski definition) is 1. The molecule has 0 unspecified atom stereocenters. The fraction of sp³-hybridized carbons (Fsp3) is 0.0667. The lowest BCUT2D eigenvalue weighted by atomic mass is 10.1. The summed E-state index contributed by atoms with van der Waals surface area (Å²) in [5, 5.41) is 11.5. The van der Waals surface area contributed by atoms with Gasteiger partial charge >= 0.3 is 0 Å². The number of aryl methyl sites for hydroxylation is 1. The number of hydrogen-bond acceptors (Lipinski definition) is 2. The summed E-state index contributed by atoms with van der Waals surface area (Å²) in [5.74, 6) is -2.89. The van der Waals surface area contributed by atoms with Crippen molar-refractivity contribution in [2.45, 2.75) is 6.92 Å². The van der Waals surface area contributed by atoms with Crippen molar-refractivity contribution in [3.63, 3.8) is 0 Å². The van der Waals surface area contributed by atoms with E-state index >= 15 is 0 Å². The predicted molar refractivity (Wildman–Crippen MR) is 75.2 cm³/mol. The molecule has 106 valence electrons.